The number of fused-ring (bicyclic) bond motifs is 1. The van der Waals surface area contributed by atoms with Crippen LogP contribution in [0.15, 0.2) is 58.1 Å². The van der Waals surface area contributed by atoms with E-state index in [2.05, 4.69) is 10.3 Å². The lowest BCUT2D eigenvalue weighted by atomic mass is 9.99. The molecule has 1 aliphatic heterocycles. The average Bonchev–Trinajstić information content (AvgIpc) is 3.15. The van der Waals surface area contributed by atoms with Gasteiger partial charge in [-0.15, -0.1) is 0 Å². The Kier molecular flexibility index (Phi) is 2.74. The maximum Gasteiger partial charge on any atom is 0.176 e. The van der Waals surface area contributed by atoms with E-state index in [-0.39, 0.29) is 5.82 Å². The van der Waals surface area contributed by atoms with Crippen LogP contribution in [0, 0.1) is 5.82 Å². The number of benzene rings is 2. The molecule has 2 aromatic carbocycles. The smallest absolute Gasteiger partial charge is 0.176 e. The summed E-state index contributed by atoms with van der Waals surface area (Å²) >= 11 is 0. The summed E-state index contributed by atoms with van der Waals surface area (Å²) in [7, 11) is 0. The Balaban J connectivity index is 1.98. The number of amidine groups is 1. The largest absolute Gasteiger partial charge is 0.460 e. The highest BCUT2D eigenvalue weighted by Crippen LogP contribution is 2.33. The van der Waals surface area contributed by atoms with Gasteiger partial charge in [0.05, 0.1) is 12.8 Å². The first-order chi connectivity index (χ1) is 10.3. The second-order valence-corrected chi connectivity index (χ2v) is 5.00. The highest BCUT2D eigenvalue weighted by Gasteiger charge is 2.18. The highest BCUT2D eigenvalue weighted by molar-refractivity contribution is 6.12. The fraction of sp³-hybridized carbons (Fsp3) is 0.118. The van der Waals surface area contributed by atoms with Crippen molar-refractivity contribution in [3.05, 3.63) is 60.3 Å². The number of hydrogen-bond acceptors (Lipinski definition) is 3. The summed E-state index contributed by atoms with van der Waals surface area (Å²) in [5.74, 6) is 1.25. The Morgan fingerprint density at radius 2 is 2.05 bits per heavy atom. The van der Waals surface area contributed by atoms with E-state index in [0.29, 0.717) is 0 Å². The molecule has 4 heteroatoms. The molecule has 0 fully saturated rings. The quantitative estimate of drug-likeness (QED) is 0.779. The van der Waals surface area contributed by atoms with Crippen LogP contribution in [-0.4, -0.2) is 18.9 Å². The van der Waals surface area contributed by atoms with E-state index in [1.165, 1.54) is 12.1 Å². The molecule has 21 heavy (non-hydrogen) atoms. The summed E-state index contributed by atoms with van der Waals surface area (Å²) in [6.07, 6.45) is 1.72. The third-order valence-electron chi connectivity index (χ3n) is 3.65. The predicted octanol–water partition coefficient (Wildman–Crippen LogP) is 3.59. The van der Waals surface area contributed by atoms with E-state index in [1.807, 2.05) is 24.3 Å². The van der Waals surface area contributed by atoms with Gasteiger partial charge in [0.15, 0.2) is 11.6 Å². The van der Waals surface area contributed by atoms with Gasteiger partial charge in [0.2, 0.25) is 0 Å². The number of halogens is 1. The molecular weight excluding hydrogens is 267 g/mol. The first kappa shape index (κ1) is 12.1. The lowest BCUT2D eigenvalue weighted by Gasteiger charge is -2.06. The second kappa shape index (κ2) is 4.74. The molecular formula is C17H13FN2O. The molecule has 104 valence electrons. The molecule has 0 unspecified atom stereocenters. The van der Waals surface area contributed by atoms with E-state index in [4.69, 9.17) is 4.42 Å². The van der Waals surface area contributed by atoms with E-state index in [1.54, 1.807) is 12.3 Å². The molecule has 0 amide bonds. The summed E-state index contributed by atoms with van der Waals surface area (Å²) < 4.78 is 19.2. The van der Waals surface area contributed by atoms with Crippen LogP contribution >= 0.6 is 0 Å². The van der Waals surface area contributed by atoms with Gasteiger partial charge in [-0.25, -0.2) is 4.39 Å². The Morgan fingerprint density at radius 3 is 2.86 bits per heavy atom. The Labute approximate surface area is 121 Å². The van der Waals surface area contributed by atoms with Gasteiger partial charge in [-0.05, 0) is 23.3 Å². The van der Waals surface area contributed by atoms with Crippen LogP contribution in [0.1, 0.15) is 5.76 Å². The molecule has 0 spiro atoms. The highest BCUT2D eigenvalue weighted by atomic mass is 19.1. The van der Waals surface area contributed by atoms with Gasteiger partial charge in [-0.3, -0.25) is 4.99 Å². The van der Waals surface area contributed by atoms with E-state index < -0.39 is 0 Å². The number of nitrogens with zero attached hydrogens (tertiary/aromatic N) is 1. The molecule has 0 bridgehead atoms. The first-order valence-electron chi connectivity index (χ1n) is 6.88. The number of rotatable bonds is 2. The molecule has 1 aliphatic rings. The van der Waals surface area contributed by atoms with Crippen molar-refractivity contribution in [1.82, 2.24) is 5.32 Å². The number of nitrogens with one attached hydrogen (secondary N) is 1. The molecule has 0 radical (unpaired) electrons. The molecule has 1 aromatic heterocycles. The van der Waals surface area contributed by atoms with Crippen LogP contribution in [0.2, 0.25) is 0 Å². The zero-order valence-electron chi connectivity index (χ0n) is 11.3. The normalized spacial score (nSPS) is 14.2. The number of hydrogen-bond donors (Lipinski definition) is 1. The zero-order chi connectivity index (χ0) is 14.2. The molecule has 3 aromatic rings. The van der Waals surface area contributed by atoms with Crippen LogP contribution in [0.4, 0.5) is 4.39 Å². The van der Waals surface area contributed by atoms with Crippen molar-refractivity contribution in [2.45, 2.75) is 0 Å². The van der Waals surface area contributed by atoms with Crippen LogP contribution in [0.5, 0.6) is 0 Å². The van der Waals surface area contributed by atoms with Crippen molar-refractivity contribution in [3.63, 3.8) is 0 Å². The molecule has 2 heterocycles. The van der Waals surface area contributed by atoms with Crippen LogP contribution in [-0.2, 0) is 0 Å². The van der Waals surface area contributed by atoms with Gasteiger partial charge >= 0.3 is 0 Å². The minimum Gasteiger partial charge on any atom is -0.460 e. The van der Waals surface area contributed by atoms with Crippen LogP contribution < -0.4 is 5.32 Å². The fourth-order valence-corrected chi connectivity index (χ4v) is 2.72. The van der Waals surface area contributed by atoms with Crippen molar-refractivity contribution >= 4 is 16.6 Å². The topological polar surface area (TPSA) is 37.5 Å². The third-order valence-corrected chi connectivity index (χ3v) is 3.65. The van der Waals surface area contributed by atoms with E-state index >= 15 is 0 Å². The molecule has 0 saturated heterocycles. The van der Waals surface area contributed by atoms with Gasteiger partial charge in [0.1, 0.15) is 5.82 Å². The van der Waals surface area contributed by atoms with Crippen LogP contribution in [0.3, 0.4) is 0 Å². The average molecular weight is 280 g/mol. The van der Waals surface area contributed by atoms with Crippen molar-refractivity contribution in [1.29, 1.82) is 0 Å². The maximum atomic E-state index is 13.5. The van der Waals surface area contributed by atoms with E-state index in [0.717, 1.165) is 46.6 Å². The van der Waals surface area contributed by atoms with Crippen molar-refractivity contribution < 1.29 is 8.81 Å². The Hall–Kier alpha value is -2.62. The van der Waals surface area contributed by atoms with Gasteiger partial charge in [0.25, 0.3) is 0 Å². The van der Waals surface area contributed by atoms with Gasteiger partial charge in [-0.2, -0.15) is 0 Å². The molecule has 0 aliphatic carbocycles. The third kappa shape index (κ3) is 2.00. The molecule has 0 atom stereocenters. The summed E-state index contributed by atoms with van der Waals surface area (Å²) in [5.41, 5.74) is 1.79. The minimum absolute atomic E-state index is 0.245. The zero-order valence-corrected chi connectivity index (χ0v) is 11.3. The number of aliphatic imine (C=N–C) groups is 1. The van der Waals surface area contributed by atoms with Crippen molar-refractivity contribution in [3.8, 4) is 11.1 Å². The fourth-order valence-electron chi connectivity index (χ4n) is 2.72. The molecule has 4 rings (SSSR count). The second-order valence-electron chi connectivity index (χ2n) is 5.00. The Bertz CT molecular complexity index is 851. The first-order valence-corrected chi connectivity index (χ1v) is 6.88. The maximum absolute atomic E-state index is 13.5. The SMILES string of the molecule is Fc1cccc(-c2cccc3coc(C4=NCCN4)c23)c1. The molecule has 0 saturated carbocycles. The minimum atomic E-state index is -0.245. The van der Waals surface area contributed by atoms with Gasteiger partial charge < -0.3 is 9.73 Å². The summed E-state index contributed by atoms with van der Waals surface area (Å²) in [5, 5.41) is 5.18. The van der Waals surface area contributed by atoms with E-state index in [9.17, 15) is 4.39 Å². The molecule has 1 N–H and O–H groups in total. The van der Waals surface area contributed by atoms with Crippen molar-refractivity contribution in [2.24, 2.45) is 4.99 Å². The lowest BCUT2D eigenvalue weighted by molar-refractivity contribution is 0.560. The number of furan rings is 1. The summed E-state index contributed by atoms with van der Waals surface area (Å²) in [4.78, 5) is 4.42. The van der Waals surface area contributed by atoms with Gasteiger partial charge in [-0.1, -0.05) is 30.3 Å². The lowest BCUT2D eigenvalue weighted by Crippen LogP contribution is -2.19. The van der Waals surface area contributed by atoms with Crippen molar-refractivity contribution in [2.75, 3.05) is 13.1 Å². The van der Waals surface area contributed by atoms with Gasteiger partial charge in [0, 0.05) is 17.3 Å². The monoisotopic (exact) mass is 280 g/mol. The predicted molar refractivity (Wildman–Crippen MR) is 81.0 cm³/mol. The summed E-state index contributed by atoms with van der Waals surface area (Å²) in [6, 6.07) is 12.5. The molecule has 3 nitrogen and oxygen atoms in total. The standard InChI is InChI=1S/C17H13FN2O/c18-13-5-1-3-11(9-13)14-6-2-4-12-10-21-16(15(12)14)17-19-7-8-20-17/h1-6,9-10H,7-8H2,(H,19,20). The Morgan fingerprint density at radius 1 is 1.14 bits per heavy atom. The van der Waals surface area contributed by atoms with Crippen LogP contribution in [0.25, 0.3) is 21.9 Å². The summed E-state index contributed by atoms with van der Waals surface area (Å²) in [6.45, 7) is 1.57.